The third kappa shape index (κ3) is 5.68. The molecule has 0 N–H and O–H groups in total. The molecule has 0 radical (unpaired) electrons. The van der Waals surface area contributed by atoms with Gasteiger partial charge in [-0.15, -0.1) is 0 Å². The Labute approximate surface area is 192 Å². The molecule has 7 heteroatoms. The van der Waals surface area contributed by atoms with E-state index in [1.807, 2.05) is 42.5 Å². The van der Waals surface area contributed by atoms with Gasteiger partial charge in [-0.25, -0.2) is 4.39 Å². The number of nitrogens with zero attached hydrogens (tertiary/aromatic N) is 2. The van der Waals surface area contributed by atoms with Crippen molar-refractivity contribution in [1.82, 2.24) is 9.80 Å². The molecule has 0 atom stereocenters. The van der Waals surface area contributed by atoms with Gasteiger partial charge in [0.2, 0.25) is 0 Å². The van der Waals surface area contributed by atoms with Crippen LogP contribution in [0.1, 0.15) is 15.9 Å². The highest BCUT2D eigenvalue weighted by atomic mass is 19.1. The van der Waals surface area contributed by atoms with Gasteiger partial charge in [-0.3, -0.25) is 9.59 Å². The fourth-order valence-electron chi connectivity index (χ4n) is 3.62. The predicted octanol–water partition coefficient (Wildman–Crippen LogP) is 3.77. The number of hydrogen-bond acceptors (Lipinski definition) is 4. The summed E-state index contributed by atoms with van der Waals surface area (Å²) in [6, 6.07) is 23.0. The topological polar surface area (TPSA) is 59.1 Å². The van der Waals surface area contributed by atoms with Crippen LogP contribution in [0, 0.1) is 5.82 Å². The zero-order valence-electron chi connectivity index (χ0n) is 18.2. The van der Waals surface area contributed by atoms with E-state index in [0.717, 1.165) is 5.56 Å². The summed E-state index contributed by atoms with van der Waals surface area (Å²) in [5.74, 6) is -0.0149. The monoisotopic (exact) mass is 448 g/mol. The number of amides is 2. The van der Waals surface area contributed by atoms with Crippen molar-refractivity contribution in [2.24, 2.45) is 0 Å². The van der Waals surface area contributed by atoms with Crippen LogP contribution in [0.25, 0.3) is 0 Å². The van der Waals surface area contributed by atoms with Crippen LogP contribution in [0.4, 0.5) is 4.39 Å². The summed E-state index contributed by atoms with van der Waals surface area (Å²) in [5, 5.41) is 0. The average Bonchev–Trinajstić information content (AvgIpc) is 2.87. The number of hydrogen-bond donors (Lipinski definition) is 0. The molecule has 0 aromatic heterocycles. The standard InChI is InChI=1S/C26H25FN2O4/c27-22-11-5-4-10-21(22)26(31)29-16-14-28(15-17-29)25(30)19-33-24-13-7-6-12-23(24)32-18-20-8-2-1-3-9-20/h1-13H,14-19H2. The van der Waals surface area contributed by atoms with Crippen LogP contribution in [0.3, 0.4) is 0 Å². The highest BCUT2D eigenvalue weighted by Crippen LogP contribution is 2.27. The second-order valence-electron chi connectivity index (χ2n) is 7.66. The molecular weight excluding hydrogens is 423 g/mol. The summed E-state index contributed by atoms with van der Waals surface area (Å²) in [6.07, 6.45) is 0. The number of piperazine rings is 1. The first-order chi connectivity index (χ1) is 16.1. The van der Waals surface area contributed by atoms with Crippen LogP contribution in [-0.4, -0.2) is 54.4 Å². The maximum atomic E-state index is 13.9. The highest BCUT2D eigenvalue weighted by molar-refractivity contribution is 5.94. The second-order valence-corrected chi connectivity index (χ2v) is 7.66. The minimum Gasteiger partial charge on any atom is -0.485 e. The first-order valence-corrected chi connectivity index (χ1v) is 10.8. The van der Waals surface area contributed by atoms with Crippen LogP contribution in [0.2, 0.25) is 0 Å². The molecule has 170 valence electrons. The molecule has 1 heterocycles. The predicted molar refractivity (Wildman–Crippen MR) is 122 cm³/mol. The highest BCUT2D eigenvalue weighted by Gasteiger charge is 2.26. The lowest BCUT2D eigenvalue weighted by Gasteiger charge is -2.34. The van der Waals surface area contributed by atoms with E-state index in [-0.39, 0.29) is 24.0 Å². The molecule has 0 spiro atoms. The van der Waals surface area contributed by atoms with Crippen molar-refractivity contribution in [3.05, 3.63) is 95.8 Å². The smallest absolute Gasteiger partial charge is 0.260 e. The first-order valence-electron chi connectivity index (χ1n) is 10.8. The molecular formula is C26H25FN2O4. The van der Waals surface area contributed by atoms with E-state index in [4.69, 9.17) is 9.47 Å². The van der Waals surface area contributed by atoms with E-state index in [9.17, 15) is 14.0 Å². The summed E-state index contributed by atoms with van der Waals surface area (Å²) >= 11 is 0. The van der Waals surface area contributed by atoms with Crippen molar-refractivity contribution in [3.63, 3.8) is 0 Å². The fourth-order valence-corrected chi connectivity index (χ4v) is 3.62. The quantitative estimate of drug-likeness (QED) is 0.552. The van der Waals surface area contributed by atoms with Crippen molar-refractivity contribution in [2.75, 3.05) is 32.8 Å². The van der Waals surface area contributed by atoms with Crippen molar-refractivity contribution >= 4 is 11.8 Å². The van der Waals surface area contributed by atoms with Gasteiger partial charge in [-0.1, -0.05) is 54.6 Å². The van der Waals surface area contributed by atoms with E-state index in [2.05, 4.69) is 0 Å². The number of rotatable bonds is 7. The Hall–Kier alpha value is -3.87. The van der Waals surface area contributed by atoms with Crippen LogP contribution in [0.5, 0.6) is 11.5 Å². The molecule has 1 fully saturated rings. The van der Waals surface area contributed by atoms with Crippen molar-refractivity contribution < 1.29 is 23.5 Å². The van der Waals surface area contributed by atoms with Crippen molar-refractivity contribution in [1.29, 1.82) is 0 Å². The number of benzene rings is 3. The largest absolute Gasteiger partial charge is 0.485 e. The normalized spacial score (nSPS) is 13.5. The molecule has 0 bridgehead atoms. The lowest BCUT2D eigenvalue weighted by Crippen LogP contribution is -2.51. The molecule has 3 aromatic carbocycles. The zero-order chi connectivity index (χ0) is 23.0. The Bertz CT molecular complexity index is 1100. The first kappa shape index (κ1) is 22.3. The number of carbonyl (C=O) groups is 2. The number of para-hydroxylation sites is 2. The summed E-state index contributed by atoms with van der Waals surface area (Å²) in [5.41, 5.74) is 1.08. The lowest BCUT2D eigenvalue weighted by atomic mass is 10.1. The Morgan fingerprint density at radius 2 is 1.30 bits per heavy atom. The molecule has 33 heavy (non-hydrogen) atoms. The Balaban J connectivity index is 1.28. The maximum Gasteiger partial charge on any atom is 0.260 e. The fraction of sp³-hybridized carbons (Fsp3) is 0.231. The van der Waals surface area contributed by atoms with Crippen LogP contribution >= 0.6 is 0 Å². The van der Waals surface area contributed by atoms with E-state index in [1.165, 1.54) is 12.1 Å². The number of ether oxygens (including phenoxy) is 2. The average molecular weight is 448 g/mol. The van der Waals surface area contributed by atoms with Crippen LogP contribution in [0.15, 0.2) is 78.9 Å². The molecule has 1 saturated heterocycles. The van der Waals surface area contributed by atoms with Crippen LogP contribution in [-0.2, 0) is 11.4 Å². The summed E-state index contributed by atoms with van der Waals surface area (Å²) in [7, 11) is 0. The van der Waals surface area contributed by atoms with Gasteiger partial charge in [0.25, 0.3) is 11.8 Å². The van der Waals surface area contributed by atoms with Gasteiger partial charge in [0.05, 0.1) is 5.56 Å². The third-order valence-electron chi connectivity index (χ3n) is 5.46. The van der Waals surface area contributed by atoms with Gasteiger partial charge in [0.15, 0.2) is 18.1 Å². The Morgan fingerprint density at radius 1 is 0.727 bits per heavy atom. The summed E-state index contributed by atoms with van der Waals surface area (Å²) in [4.78, 5) is 28.4. The molecule has 4 rings (SSSR count). The molecule has 0 unspecified atom stereocenters. The van der Waals surface area contributed by atoms with Gasteiger partial charge in [-0.2, -0.15) is 0 Å². The minimum atomic E-state index is -0.539. The summed E-state index contributed by atoms with van der Waals surface area (Å²) in [6.45, 7) is 1.69. The summed E-state index contributed by atoms with van der Waals surface area (Å²) < 4.78 is 25.5. The van der Waals surface area contributed by atoms with Crippen LogP contribution < -0.4 is 9.47 Å². The molecule has 2 amide bonds. The Morgan fingerprint density at radius 3 is 2.00 bits per heavy atom. The van der Waals surface area contributed by atoms with Gasteiger partial charge >= 0.3 is 0 Å². The van der Waals surface area contributed by atoms with Gasteiger partial charge in [0.1, 0.15) is 12.4 Å². The lowest BCUT2D eigenvalue weighted by molar-refractivity contribution is -0.134. The second kappa shape index (κ2) is 10.6. The molecule has 1 aliphatic heterocycles. The van der Waals surface area contributed by atoms with Gasteiger partial charge in [-0.05, 0) is 29.8 Å². The number of carbonyl (C=O) groups excluding carboxylic acids is 2. The number of halogens is 1. The van der Waals surface area contributed by atoms with Gasteiger partial charge in [0, 0.05) is 26.2 Å². The van der Waals surface area contributed by atoms with E-state index in [0.29, 0.717) is 44.3 Å². The molecule has 6 nitrogen and oxygen atoms in total. The van der Waals surface area contributed by atoms with Crippen molar-refractivity contribution in [3.8, 4) is 11.5 Å². The van der Waals surface area contributed by atoms with Gasteiger partial charge < -0.3 is 19.3 Å². The molecule has 3 aromatic rings. The Kier molecular flexibility index (Phi) is 7.19. The SMILES string of the molecule is O=C(COc1ccccc1OCc1ccccc1)N1CCN(C(=O)c2ccccc2F)CC1. The van der Waals surface area contributed by atoms with E-state index < -0.39 is 5.82 Å². The molecule has 1 aliphatic rings. The van der Waals surface area contributed by atoms with E-state index >= 15 is 0 Å². The molecule has 0 aliphatic carbocycles. The maximum absolute atomic E-state index is 13.9. The third-order valence-corrected chi connectivity index (χ3v) is 5.46. The zero-order valence-corrected chi connectivity index (χ0v) is 18.2. The minimum absolute atomic E-state index is 0.0488. The van der Waals surface area contributed by atoms with E-state index in [1.54, 1.807) is 34.1 Å². The molecule has 0 saturated carbocycles. The van der Waals surface area contributed by atoms with Crippen molar-refractivity contribution in [2.45, 2.75) is 6.61 Å².